The highest BCUT2D eigenvalue weighted by molar-refractivity contribution is 6.35. The standard InChI is InChI=1S/C10H7Cl2N3O2/c11-5-1-6(12)3-7(2-5)13-8-4-9(16)15-10(17)14-8/h1-4H,(H3,13,14,15,16,17). The molecule has 2 rings (SSSR count). The van der Waals surface area contributed by atoms with Crippen LogP contribution in [0, 0.1) is 0 Å². The van der Waals surface area contributed by atoms with Gasteiger partial charge in [-0.1, -0.05) is 23.2 Å². The molecular weight excluding hydrogens is 265 g/mol. The first-order chi connectivity index (χ1) is 8.02. The van der Waals surface area contributed by atoms with Gasteiger partial charge in [0, 0.05) is 21.8 Å². The predicted molar refractivity (Wildman–Crippen MR) is 67.4 cm³/mol. The number of anilines is 2. The Morgan fingerprint density at radius 2 is 1.59 bits per heavy atom. The number of nitrogens with one attached hydrogen (secondary N) is 3. The van der Waals surface area contributed by atoms with Crippen LogP contribution < -0.4 is 16.6 Å². The molecule has 17 heavy (non-hydrogen) atoms. The van der Waals surface area contributed by atoms with Gasteiger partial charge in [-0.25, -0.2) is 4.79 Å². The zero-order valence-corrected chi connectivity index (χ0v) is 9.89. The Balaban J connectivity index is 2.37. The van der Waals surface area contributed by atoms with Gasteiger partial charge in [-0.15, -0.1) is 0 Å². The molecule has 0 bridgehead atoms. The summed E-state index contributed by atoms with van der Waals surface area (Å²) in [4.78, 5) is 26.6. The van der Waals surface area contributed by atoms with E-state index in [1.165, 1.54) is 6.07 Å². The van der Waals surface area contributed by atoms with E-state index >= 15 is 0 Å². The fourth-order valence-corrected chi connectivity index (χ4v) is 1.84. The summed E-state index contributed by atoms with van der Waals surface area (Å²) in [5, 5.41) is 3.72. The first-order valence-electron chi connectivity index (χ1n) is 4.60. The van der Waals surface area contributed by atoms with E-state index in [1.807, 2.05) is 0 Å². The number of aromatic nitrogens is 2. The topological polar surface area (TPSA) is 77.8 Å². The molecule has 5 nitrogen and oxygen atoms in total. The fourth-order valence-electron chi connectivity index (χ4n) is 1.32. The Labute approximate surface area is 105 Å². The number of H-pyrrole nitrogens is 2. The molecule has 0 aliphatic heterocycles. The van der Waals surface area contributed by atoms with Gasteiger partial charge in [0.1, 0.15) is 5.82 Å². The third-order valence-corrected chi connectivity index (χ3v) is 2.34. The van der Waals surface area contributed by atoms with Gasteiger partial charge in [0.25, 0.3) is 5.56 Å². The molecule has 3 N–H and O–H groups in total. The second kappa shape index (κ2) is 4.65. The Morgan fingerprint density at radius 3 is 2.18 bits per heavy atom. The van der Waals surface area contributed by atoms with Crippen LogP contribution in [0.2, 0.25) is 10.0 Å². The average Bonchev–Trinajstić information content (AvgIpc) is 2.13. The van der Waals surface area contributed by atoms with Crippen LogP contribution in [0.15, 0.2) is 33.9 Å². The molecule has 7 heteroatoms. The molecule has 0 unspecified atom stereocenters. The number of benzene rings is 1. The summed E-state index contributed by atoms with van der Waals surface area (Å²) in [7, 11) is 0. The lowest BCUT2D eigenvalue weighted by atomic mass is 10.3. The maximum atomic E-state index is 11.1. The first kappa shape index (κ1) is 11.8. The van der Waals surface area contributed by atoms with Crippen LogP contribution in [-0.4, -0.2) is 9.97 Å². The molecule has 1 heterocycles. The van der Waals surface area contributed by atoms with Gasteiger partial charge in [-0.3, -0.25) is 14.8 Å². The van der Waals surface area contributed by atoms with Crippen molar-refractivity contribution < 1.29 is 0 Å². The van der Waals surface area contributed by atoms with Crippen molar-refractivity contribution in [3.63, 3.8) is 0 Å². The van der Waals surface area contributed by atoms with Gasteiger partial charge >= 0.3 is 5.69 Å². The minimum atomic E-state index is -0.590. The lowest BCUT2D eigenvalue weighted by Gasteiger charge is -2.06. The van der Waals surface area contributed by atoms with Gasteiger partial charge in [-0.05, 0) is 18.2 Å². The number of hydrogen-bond acceptors (Lipinski definition) is 3. The zero-order chi connectivity index (χ0) is 12.4. The van der Waals surface area contributed by atoms with E-state index < -0.39 is 11.2 Å². The van der Waals surface area contributed by atoms with Crippen LogP contribution in [-0.2, 0) is 0 Å². The van der Waals surface area contributed by atoms with Gasteiger partial charge in [0.05, 0.1) is 0 Å². The third kappa shape index (κ3) is 3.12. The Morgan fingerprint density at radius 1 is 0.941 bits per heavy atom. The molecule has 2 aromatic rings. The van der Waals surface area contributed by atoms with Crippen molar-refractivity contribution in [2.45, 2.75) is 0 Å². The van der Waals surface area contributed by atoms with Gasteiger partial charge in [0.15, 0.2) is 0 Å². The SMILES string of the molecule is O=c1cc(Nc2cc(Cl)cc(Cl)c2)[nH]c(=O)[nH]1. The predicted octanol–water partition coefficient (Wildman–Crippen LogP) is 2.11. The minimum absolute atomic E-state index is 0.261. The van der Waals surface area contributed by atoms with E-state index in [2.05, 4.69) is 15.3 Å². The molecular formula is C10H7Cl2N3O2. The van der Waals surface area contributed by atoms with E-state index in [0.29, 0.717) is 15.7 Å². The van der Waals surface area contributed by atoms with Crippen LogP contribution in [0.3, 0.4) is 0 Å². The lowest BCUT2D eigenvalue weighted by molar-refractivity contribution is 1.04. The largest absolute Gasteiger partial charge is 0.341 e. The Bertz CT molecular complexity index is 615. The van der Waals surface area contributed by atoms with Crippen LogP contribution in [0.25, 0.3) is 0 Å². The number of hydrogen-bond donors (Lipinski definition) is 3. The third-order valence-electron chi connectivity index (χ3n) is 1.90. The van der Waals surface area contributed by atoms with Gasteiger partial charge < -0.3 is 5.32 Å². The van der Waals surface area contributed by atoms with Crippen molar-refractivity contribution in [2.24, 2.45) is 0 Å². The summed E-state index contributed by atoms with van der Waals surface area (Å²) in [5.41, 5.74) is -0.513. The van der Waals surface area contributed by atoms with Gasteiger partial charge in [0.2, 0.25) is 0 Å². The molecule has 0 amide bonds. The maximum absolute atomic E-state index is 11.1. The van der Waals surface area contributed by atoms with Crippen molar-refractivity contribution >= 4 is 34.7 Å². The average molecular weight is 272 g/mol. The summed E-state index contributed by atoms with van der Waals surface area (Å²) in [6.45, 7) is 0. The molecule has 0 atom stereocenters. The van der Waals surface area contributed by atoms with E-state index in [-0.39, 0.29) is 5.82 Å². The second-order valence-corrected chi connectivity index (χ2v) is 4.16. The molecule has 1 aromatic carbocycles. The second-order valence-electron chi connectivity index (χ2n) is 3.28. The normalized spacial score (nSPS) is 10.2. The van der Waals surface area contributed by atoms with E-state index in [0.717, 1.165) is 0 Å². The van der Waals surface area contributed by atoms with E-state index in [9.17, 15) is 9.59 Å². The van der Waals surface area contributed by atoms with E-state index in [4.69, 9.17) is 23.2 Å². The van der Waals surface area contributed by atoms with Crippen LogP contribution in [0.1, 0.15) is 0 Å². The highest BCUT2D eigenvalue weighted by Gasteiger charge is 2.00. The van der Waals surface area contributed by atoms with Crippen LogP contribution >= 0.6 is 23.2 Å². The number of aromatic amines is 2. The van der Waals surface area contributed by atoms with Gasteiger partial charge in [-0.2, -0.15) is 0 Å². The quantitative estimate of drug-likeness (QED) is 0.783. The van der Waals surface area contributed by atoms with Crippen molar-refractivity contribution in [3.05, 3.63) is 55.1 Å². The van der Waals surface area contributed by atoms with Crippen molar-refractivity contribution in [3.8, 4) is 0 Å². The molecule has 0 aliphatic carbocycles. The van der Waals surface area contributed by atoms with Crippen LogP contribution in [0.5, 0.6) is 0 Å². The smallest absolute Gasteiger partial charge is 0.327 e. The summed E-state index contributed by atoms with van der Waals surface area (Å²) in [6.07, 6.45) is 0. The molecule has 0 spiro atoms. The monoisotopic (exact) mass is 271 g/mol. The molecule has 0 radical (unpaired) electrons. The fraction of sp³-hybridized carbons (Fsp3) is 0. The summed E-state index contributed by atoms with van der Waals surface area (Å²) >= 11 is 11.6. The first-order valence-corrected chi connectivity index (χ1v) is 5.35. The Kier molecular flexibility index (Phi) is 3.21. The Hall–Kier alpha value is -1.72. The highest BCUT2D eigenvalue weighted by atomic mass is 35.5. The molecule has 0 saturated carbocycles. The van der Waals surface area contributed by atoms with Crippen LogP contribution in [0.4, 0.5) is 11.5 Å². The molecule has 0 saturated heterocycles. The number of rotatable bonds is 2. The summed E-state index contributed by atoms with van der Waals surface area (Å²) in [6, 6.07) is 6.03. The molecule has 88 valence electrons. The maximum Gasteiger partial charge on any atom is 0.327 e. The molecule has 1 aromatic heterocycles. The number of halogens is 2. The summed E-state index contributed by atoms with van der Waals surface area (Å²) < 4.78 is 0. The van der Waals surface area contributed by atoms with Crippen molar-refractivity contribution in [1.82, 2.24) is 9.97 Å². The molecule has 0 aliphatic rings. The molecule has 0 fully saturated rings. The zero-order valence-electron chi connectivity index (χ0n) is 8.38. The highest BCUT2D eigenvalue weighted by Crippen LogP contribution is 2.23. The minimum Gasteiger partial charge on any atom is -0.341 e. The summed E-state index contributed by atoms with van der Waals surface area (Å²) in [5.74, 6) is 0.261. The lowest BCUT2D eigenvalue weighted by Crippen LogP contribution is -2.22. The van der Waals surface area contributed by atoms with Crippen molar-refractivity contribution in [1.29, 1.82) is 0 Å². The van der Waals surface area contributed by atoms with E-state index in [1.54, 1.807) is 18.2 Å². The van der Waals surface area contributed by atoms with Crippen molar-refractivity contribution in [2.75, 3.05) is 5.32 Å².